The first-order chi connectivity index (χ1) is 12.9. The number of anilines is 1. The van der Waals surface area contributed by atoms with E-state index in [-0.39, 0.29) is 17.9 Å². The van der Waals surface area contributed by atoms with Gasteiger partial charge >= 0.3 is 0 Å². The number of carbonyl (C=O) groups is 2. The average Bonchev–Trinajstić information content (AvgIpc) is 2.66. The second kappa shape index (κ2) is 9.76. The Hall–Kier alpha value is -2.82. The van der Waals surface area contributed by atoms with Crippen molar-refractivity contribution >= 4 is 17.5 Å². The van der Waals surface area contributed by atoms with Crippen molar-refractivity contribution in [3.05, 3.63) is 59.7 Å². The minimum Gasteiger partial charge on any atom is -0.493 e. The molecule has 0 aliphatic heterocycles. The summed E-state index contributed by atoms with van der Waals surface area (Å²) in [6.07, 6.45) is 0.859. The molecule has 0 spiro atoms. The molecule has 2 N–H and O–H groups in total. The van der Waals surface area contributed by atoms with Crippen molar-refractivity contribution in [3.8, 4) is 5.75 Å². The van der Waals surface area contributed by atoms with Crippen LogP contribution in [-0.4, -0.2) is 24.5 Å². The summed E-state index contributed by atoms with van der Waals surface area (Å²) in [5.74, 6) is 0.679. The number of nitrogens with one attached hydrogen (secondary N) is 2. The smallest absolute Gasteiger partial charge is 0.255 e. The predicted octanol–water partition coefficient (Wildman–Crippen LogP) is 4.50. The summed E-state index contributed by atoms with van der Waals surface area (Å²) >= 11 is 0. The van der Waals surface area contributed by atoms with E-state index in [0.717, 1.165) is 6.42 Å². The molecular weight excluding hydrogens is 340 g/mol. The molecule has 5 nitrogen and oxygen atoms in total. The number of rotatable bonds is 8. The van der Waals surface area contributed by atoms with Gasteiger partial charge in [-0.2, -0.15) is 0 Å². The van der Waals surface area contributed by atoms with Crippen LogP contribution in [0.3, 0.4) is 0 Å². The van der Waals surface area contributed by atoms with Crippen LogP contribution in [0.25, 0.3) is 0 Å². The molecule has 0 bridgehead atoms. The van der Waals surface area contributed by atoms with Gasteiger partial charge in [0.2, 0.25) is 0 Å². The topological polar surface area (TPSA) is 67.4 Å². The first-order valence-electron chi connectivity index (χ1n) is 9.34. The van der Waals surface area contributed by atoms with Crippen molar-refractivity contribution in [1.82, 2.24) is 5.32 Å². The van der Waals surface area contributed by atoms with Gasteiger partial charge in [-0.25, -0.2) is 0 Å². The molecule has 1 atom stereocenters. The van der Waals surface area contributed by atoms with Gasteiger partial charge in [-0.15, -0.1) is 0 Å². The molecule has 1 unspecified atom stereocenters. The monoisotopic (exact) mass is 368 g/mol. The highest BCUT2D eigenvalue weighted by molar-refractivity contribution is 6.05. The summed E-state index contributed by atoms with van der Waals surface area (Å²) in [7, 11) is 0. The molecule has 0 fully saturated rings. The lowest BCUT2D eigenvalue weighted by molar-refractivity contribution is 0.0938. The van der Waals surface area contributed by atoms with Crippen molar-refractivity contribution in [3.63, 3.8) is 0 Å². The lowest BCUT2D eigenvalue weighted by Crippen LogP contribution is -2.31. The number of hydrogen-bond donors (Lipinski definition) is 2. The van der Waals surface area contributed by atoms with Crippen molar-refractivity contribution < 1.29 is 14.3 Å². The highest BCUT2D eigenvalue weighted by atomic mass is 16.5. The van der Waals surface area contributed by atoms with Gasteiger partial charge in [0.1, 0.15) is 5.75 Å². The fourth-order valence-electron chi connectivity index (χ4n) is 2.34. The summed E-state index contributed by atoms with van der Waals surface area (Å²) < 4.78 is 5.67. The van der Waals surface area contributed by atoms with Gasteiger partial charge in [0.15, 0.2) is 0 Å². The molecule has 5 heteroatoms. The SMILES string of the molecule is CCC(C)NC(=O)c1cccc(NC(=O)c2cccc(OCC(C)C)c2)c1. The highest BCUT2D eigenvalue weighted by Gasteiger charge is 2.11. The quantitative estimate of drug-likeness (QED) is 0.721. The van der Waals surface area contributed by atoms with E-state index in [4.69, 9.17) is 4.74 Å². The van der Waals surface area contributed by atoms with Crippen LogP contribution in [0.15, 0.2) is 48.5 Å². The standard InChI is InChI=1S/C22H28N2O3/c1-5-16(4)23-21(25)17-8-6-10-19(12-17)24-22(26)18-9-7-11-20(13-18)27-14-15(2)3/h6-13,15-16H,5,14H2,1-4H3,(H,23,25)(H,24,26). The van der Waals surface area contributed by atoms with Crippen LogP contribution < -0.4 is 15.4 Å². The second-order valence-electron chi connectivity index (χ2n) is 7.05. The number of carbonyl (C=O) groups excluding carboxylic acids is 2. The van der Waals surface area contributed by atoms with Gasteiger partial charge in [-0.05, 0) is 55.7 Å². The van der Waals surface area contributed by atoms with Gasteiger partial charge in [0.05, 0.1) is 6.61 Å². The lowest BCUT2D eigenvalue weighted by Gasteiger charge is -2.13. The molecule has 0 saturated heterocycles. The Balaban J connectivity index is 2.06. The molecule has 2 rings (SSSR count). The van der Waals surface area contributed by atoms with Crippen molar-refractivity contribution in [1.29, 1.82) is 0 Å². The van der Waals surface area contributed by atoms with Crippen LogP contribution in [0.4, 0.5) is 5.69 Å². The molecule has 0 radical (unpaired) electrons. The molecule has 0 saturated carbocycles. The van der Waals surface area contributed by atoms with Gasteiger partial charge in [0.25, 0.3) is 11.8 Å². The van der Waals surface area contributed by atoms with E-state index >= 15 is 0 Å². The average molecular weight is 368 g/mol. The number of ether oxygens (including phenoxy) is 1. The normalized spacial score (nSPS) is 11.7. The maximum absolute atomic E-state index is 12.5. The Bertz CT molecular complexity index is 787. The van der Waals surface area contributed by atoms with Crippen LogP contribution in [0, 0.1) is 5.92 Å². The van der Waals surface area contributed by atoms with Crippen LogP contribution in [0.1, 0.15) is 54.8 Å². The summed E-state index contributed by atoms with van der Waals surface area (Å²) in [5.41, 5.74) is 1.60. The van der Waals surface area contributed by atoms with E-state index in [1.165, 1.54) is 0 Å². The van der Waals surface area contributed by atoms with Crippen LogP contribution in [0.2, 0.25) is 0 Å². The third kappa shape index (κ3) is 6.44. The Labute approximate surface area is 161 Å². The van der Waals surface area contributed by atoms with Crippen LogP contribution in [-0.2, 0) is 0 Å². The van der Waals surface area contributed by atoms with Crippen molar-refractivity contribution in [2.45, 2.75) is 40.2 Å². The van der Waals surface area contributed by atoms with Crippen molar-refractivity contribution in [2.24, 2.45) is 5.92 Å². The molecule has 0 heterocycles. The third-order valence-corrected chi connectivity index (χ3v) is 4.05. The molecule has 144 valence electrons. The lowest BCUT2D eigenvalue weighted by atomic mass is 10.1. The zero-order valence-electron chi connectivity index (χ0n) is 16.4. The predicted molar refractivity (Wildman–Crippen MR) is 108 cm³/mol. The van der Waals surface area contributed by atoms with E-state index in [1.54, 1.807) is 42.5 Å². The van der Waals surface area contributed by atoms with Gasteiger partial charge in [-0.3, -0.25) is 9.59 Å². The van der Waals surface area contributed by atoms with E-state index in [0.29, 0.717) is 35.1 Å². The number of amides is 2. The maximum atomic E-state index is 12.5. The van der Waals surface area contributed by atoms with E-state index in [9.17, 15) is 9.59 Å². The number of benzene rings is 2. The largest absolute Gasteiger partial charge is 0.493 e. The van der Waals surface area contributed by atoms with E-state index in [2.05, 4.69) is 24.5 Å². The summed E-state index contributed by atoms with van der Waals surface area (Å²) in [6, 6.07) is 14.1. The highest BCUT2D eigenvalue weighted by Crippen LogP contribution is 2.17. The first-order valence-corrected chi connectivity index (χ1v) is 9.34. The first kappa shape index (κ1) is 20.5. The van der Waals surface area contributed by atoms with Crippen molar-refractivity contribution in [2.75, 3.05) is 11.9 Å². The maximum Gasteiger partial charge on any atom is 0.255 e. The molecule has 0 aliphatic carbocycles. The molecule has 2 aromatic carbocycles. The fourth-order valence-corrected chi connectivity index (χ4v) is 2.34. The van der Waals surface area contributed by atoms with Gasteiger partial charge in [0, 0.05) is 22.9 Å². The number of hydrogen-bond acceptors (Lipinski definition) is 3. The summed E-state index contributed by atoms with van der Waals surface area (Å²) in [6.45, 7) is 8.71. The zero-order valence-corrected chi connectivity index (χ0v) is 16.4. The van der Waals surface area contributed by atoms with Crippen LogP contribution in [0.5, 0.6) is 5.75 Å². The summed E-state index contributed by atoms with van der Waals surface area (Å²) in [4.78, 5) is 24.8. The van der Waals surface area contributed by atoms with Gasteiger partial charge < -0.3 is 15.4 Å². The molecule has 0 aliphatic rings. The Morgan fingerprint density at radius 1 is 0.963 bits per heavy atom. The Morgan fingerprint density at radius 2 is 1.63 bits per heavy atom. The second-order valence-corrected chi connectivity index (χ2v) is 7.05. The molecule has 2 aromatic rings. The van der Waals surface area contributed by atoms with E-state index in [1.807, 2.05) is 19.9 Å². The fraction of sp³-hybridized carbons (Fsp3) is 0.364. The summed E-state index contributed by atoms with van der Waals surface area (Å²) in [5, 5.41) is 5.76. The Kier molecular flexibility index (Phi) is 7.41. The molecule has 0 aromatic heterocycles. The zero-order chi connectivity index (χ0) is 19.8. The molecule has 27 heavy (non-hydrogen) atoms. The molecular formula is C22H28N2O3. The van der Waals surface area contributed by atoms with Crippen LogP contribution >= 0.6 is 0 Å². The minimum atomic E-state index is -0.246. The van der Waals surface area contributed by atoms with E-state index < -0.39 is 0 Å². The Morgan fingerprint density at radius 3 is 2.30 bits per heavy atom. The minimum absolute atomic E-state index is 0.101. The van der Waals surface area contributed by atoms with Gasteiger partial charge in [-0.1, -0.05) is 32.9 Å². The molecule has 2 amide bonds. The third-order valence-electron chi connectivity index (χ3n) is 4.05.